The second kappa shape index (κ2) is 4.76. The van der Waals surface area contributed by atoms with E-state index < -0.39 is 0 Å². The van der Waals surface area contributed by atoms with Gasteiger partial charge in [-0.1, -0.05) is 29.3 Å². The van der Waals surface area contributed by atoms with E-state index in [1.807, 2.05) is 9.18 Å². The summed E-state index contributed by atoms with van der Waals surface area (Å²) in [5.74, 6) is 0.797. The highest BCUT2D eigenvalue weighted by Crippen LogP contribution is 2.30. The second-order valence-electron chi connectivity index (χ2n) is 3.01. The molecule has 0 unspecified atom stereocenters. The van der Waals surface area contributed by atoms with Crippen LogP contribution < -0.4 is 5.32 Å². The molecule has 1 aromatic carbocycles. The van der Waals surface area contributed by atoms with E-state index in [1.54, 1.807) is 12.1 Å². The van der Waals surface area contributed by atoms with Crippen molar-refractivity contribution in [2.75, 3.05) is 18.4 Å². The molecule has 0 saturated heterocycles. The van der Waals surface area contributed by atoms with Gasteiger partial charge in [-0.15, -0.1) is 0 Å². The van der Waals surface area contributed by atoms with Gasteiger partial charge in [-0.3, -0.25) is 8.11 Å². The van der Waals surface area contributed by atoms with Crippen LogP contribution in [0.25, 0.3) is 0 Å². The van der Waals surface area contributed by atoms with Crippen LogP contribution in [0.2, 0.25) is 10.0 Å². The first kappa shape index (κ1) is 11.3. The second-order valence-corrected chi connectivity index (χ2v) is 4.99. The van der Waals surface area contributed by atoms with Gasteiger partial charge in [0.15, 0.2) is 0 Å². The van der Waals surface area contributed by atoms with Crippen molar-refractivity contribution in [3.8, 4) is 0 Å². The Labute approximate surface area is 112 Å². The van der Waals surface area contributed by atoms with Gasteiger partial charge in [-0.05, 0) is 12.1 Å². The first-order valence-electron chi connectivity index (χ1n) is 4.37. The van der Waals surface area contributed by atoms with Gasteiger partial charge in [-0.25, -0.2) is 0 Å². The van der Waals surface area contributed by atoms with Crippen LogP contribution in [-0.4, -0.2) is 22.2 Å². The van der Waals surface area contributed by atoms with E-state index in [-0.39, 0.29) is 0 Å². The standard InChI is InChI=1S/C9H8Cl2IN3/c10-6-2-1-3-7(11)8(6)14-9-13-4-5-15(9)12/h1-3H,4-5H2,(H,13,14). The van der Waals surface area contributed by atoms with Gasteiger partial charge in [0.2, 0.25) is 5.96 Å². The number of hydrogen-bond acceptors (Lipinski definition) is 3. The summed E-state index contributed by atoms with van der Waals surface area (Å²) in [7, 11) is 0. The summed E-state index contributed by atoms with van der Waals surface area (Å²) in [6.45, 7) is 1.71. The number of halogens is 3. The number of nitrogens with zero attached hydrogens (tertiary/aromatic N) is 2. The van der Waals surface area contributed by atoms with E-state index >= 15 is 0 Å². The maximum Gasteiger partial charge on any atom is 0.207 e. The van der Waals surface area contributed by atoms with Crippen LogP contribution in [0.3, 0.4) is 0 Å². The molecule has 1 aromatic rings. The topological polar surface area (TPSA) is 27.6 Å². The van der Waals surface area contributed by atoms with Crippen molar-refractivity contribution < 1.29 is 0 Å². The summed E-state index contributed by atoms with van der Waals surface area (Å²) in [6.07, 6.45) is 0. The molecule has 0 bridgehead atoms. The molecule has 2 rings (SSSR count). The molecule has 1 aliphatic rings. The predicted molar refractivity (Wildman–Crippen MR) is 73.1 cm³/mol. The van der Waals surface area contributed by atoms with Crippen molar-refractivity contribution >= 4 is 57.7 Å². The smallest absolute Gasteiger partial charge is 0.207 e. The Hall–Kier alpha value is -0.200. The van der Waals surface area contributed by atoms with Crippen LogP contribution in [-0.2, 0) is 0 Å². The van der Waals surface area contributed by atoms with Gasteiger partial charge in [0, 0.05) is 0 Å². The van der Waals surface area contributed by atoms with Crippen molar-refractivity contribution in [1.82, 2.24) is 3.11 Å². The number of benzene rings is 1. The molecule has 0 fully saturated rings. The summed E-state index contributed by atoms with van der Waals surface area (Å²) in [5.41, 5.74) is 0.711. The summed E-state index contributed by atoms with van der Waals surface area (Å²) in [5, 5.41) is 4.33. The lowest BCUT2D eigenvalue weighted by molar-refractivity contribution is 0.781. The van der Waals surface area contributed by atoms with Gasteiger partial charge >= 0.3 is 0 Å². The molecular formula is C9H8Cl2IN3. The van der Waals surface area contributed by atoms with E-state index in [9.17, 15) is 0 Å². The molecule has 1 heterocycles. The summed E-state index contributed by atoms with van der Waals surface area (Å²) in [4.78, 5) is 4.30. The molecular weight excluding hydrogens is 348 g/mol. The Bertz CT molecular complexity index is 388. The number of nitrogens with one attached hydrogen (secondary N) is 1. The third kappa shape index (κ3) is 2.49. The van der Waals surface area contributed by atoms with Crippen molar-refractivity contribution in [1.29, 1.82) is 0 Å². The Morgan fingerprint density at radius 2 is 2.00 bits per heavy atom. The Balaban J connectivity index is 2.24. The van der Waals surface area contributed by atoms with Crippen molar-refractivity contribution in [2.45, 2.75) is 0 Å². The number of rotatable bonds is 1. The highest BCUT2D eigenvalue weighted by Gasteiger charge is 2.16. The van der Waals surface area contributed by atoms with Gasteiger partial charge in [0.1, 0.15) is 0 Å². The molecule has 0 amide bonds. The highest BCUT2D eigenvalue weighted by atomic mass is 127. The first-order chi connectivity index (χ1) is 7.18. The van der Waals surface area contributed by atoms with E-state index in [4.69, 9.17) is 23.2 Å². The summed E-state index contributed by atoms with van der Waals surface area (Å²) >= 11 is 14.3. The van der Waals surface area contributed by atoms with Crippen LogP contribution >= 0.6 is 46.1 Å². The number of hydrogen-bond donors (Lipinski definition) is 1. The van der Waals surface area contributed by atoms with Crippen molar-refractivity contribution in [2.24, 2.45) is 4.99 Å². The molecule has 6 heteroatoms. The van der Waals surface area contributed by atoms with Crippen LogP contribution in [0, 0.1) is 0 Å². The van der Waals surface area contributed by atoms with Crippen LogP contribution in [0.4, 0.5) is 5.69 Å². The maximum absolute atomic E-state index is 6.03. The zero-order valence-electron chi connectivity index (χ0n) is 7.67. The number of anilines is 1. The predicted octanol–water partition coefficient (Wildman–Crippen LogP) is 3.43. The number of aliphatic imine (C=N–C) groups is 1. The molecule has 80 valence electrons. The minimum Gasteiger partial charge on any atom is -0.323 e. The molecule has 0 spiro atoms. The van der Waals surface area contributed by atoms with Crippen LogP contribution in [0.5, 0.6) is 0 Å². The van der Waals surface area contributed by atoms with Gasteiger partial charge in [0.05, 0.1) is 51.7 Å². The lowest BCUT2D eigenvalue weighted by atomic mass is 10.3. The molecule has 0 aromatic heterocycles. The fourth-order valence-electron chi connectivity index (χ4n) is 1.26. The van der Waals surface area contributed by atoms with Gasteiger partial charge < -0.3 is 5.32 Å². The average molecular weight is 356 g/mol. The Morgan fingerprint density at radius 3 is 2.53 bits per heavy atom. The summed E-state index contributed by atoms with van der Waals surface area (Å²) < 4.78 is 2.00. The number of para-hydroxylation sites is 1. The fraction of sp³-hybridized carbons (Fsp3) is 0.222. The molecule has 0 radical (unpaired) electrons. The van der Waals surface area contributed by atoms with E-state index in [1.165, 1.54) is 0 Å². The van der Waals surface area contributed by atoms with Gasteiger partial charge in [-0.2, -0.15) is 0 Å². The van der Waals surface area contributed by atoms with E-state index in [2.05, 4.69) is 33.2 Å². The van der Waals surface area contributed by atoms with E-state index in [0.29, 0.717) is 15.7 Å². The maximum atomic E-state index is 6.03. The van der Waals surface area contributed by atoms with Crippen molar-refractivity contribution in [3.05, 3.63) is 28.2 Å². The fourth-order valence-corrected chi connectivity index (χ4v) is 2.24. The van der Waals surface area contributed by atoms with Gasteiger partial charge in [0.25, 0.3) is 0 Å². The third-order valence-electron chi connectivity index (χ3n) is 1.99. The zero-order chi connectivity index (χ0) is 10.8. The SMILES string of the molecule is Clc1cccc(Cl)c1NC1=NCCN1I. The monoisotopic (exact) mass is 355 g/mol. The Morgan fingerprint density at radius 1 is 1.33 bits per heavy atom. The minimum atomic E-state index is 0.599. The highest BCUT2D eigenvalue weighted by molar-refractivity contribution is 14.1. The Kier molecular flexibility index (Phi) is 3.58. The van der Waals surface area contributed by atoms with Crippen LogP contribution in [0.15, 0.2) is 23.2 Å². The average Bonchev–Trinajstić information content (AvgIpc) is 2.58. The van der Waals surface area contributed by atoms with Crippen LogP contribution in [0.1, 0.15) is 0 Å². The molecule has 3 nitrogen and oxygen atoms in total. The molecule has 1 aliphatic heterocycles. The third-order valence-corrected chi connectivity index (χ3v) is 3.56. The molecule has 1 N–H and O–H groups in total. The first-order valence-corrected chi connectivity index (χ1v) is 6.09. The largest absolute Gasteiger partial charge is 0.323 e. The minimum absolute atomic E-state index is 0.599. The lowest BCUT2D eigenvalue weighted by Crippen LogP contribution is -2.24. The molecule has 0 atom stereocenters. The molecule has 0 aliphatic carbocycles. The lowest BCUT2D eigenvalue weighted by Gasteiger charge is -2.14. The van der Waals surface area contributed by atoms with E-state index in [0.717, 1.165) is 19.0 Å². The quantitative estimate of drug-likeness (QED) is 0.617. The van der Waals surface area contributed by atoms with Crippen molar-refractivity contribution in [3.63, 3.8) is 0 Å². The summed E-state index contributed by atoms with van der Waals surface area (Å²) in [6, 6.07) is 5.40. The molecule has 0 saturated carbocycles. The number of guanidine groups is 1. The molecule has 15 heavy (non-hydrogen) atoms. The zero-order valence-corrected chi connectivity index (χ0v) is 11.3. The normalized spacial score (nSPS) is 15.4.